The van der Waals surface area contributed by atoms with E-state index in [0.29, 0.717) is 32.2 Å². The Hall–Kier alpha value is -3.52. The third-order valence-electron chi connectivity index (χ3n) is 7.48. The van der Waals surface area contributed by atoms with Crippen LogP contribution in [0.15, 0.2) is 42.5 Å². The second-order valence-corrected chi connectivity index (χ2v) is 9.94. The van der Waals surface area contributed by atoms with Gasteiger partial charge in [0.15, 0.2) is 0 Å². The van der Waals surface area contributed by atoms with Gasteiger partial charge >= 0.3 is 6.03 Å². The highest BCUT2D eigenvalue weighted by Gasteiger charge is 2.60. The molecule has 2 atom stereocenters. The van der Waals surface area contributed by atoms with Crippen LogP contribution in [0.2, 0.25) is 0 Å². The molecule has 3 amide bonds. The first-order valence-corrected chi connectivity index (χ1v) is 12.4. The Kier molecular flexibility index (Phi) is 5.03. The molecule has 3 aromatic rings. The number of aromatic nitrogens is 1. The fourth-order valence-electron chi connectivity index (χ4n) is 5.65. The van der Waals surface area contributed by atoms with Gasteiger partial charge in [0.1, 0.15) is 23.1 Å². The number of hydrogen-bond acceptors (Lipinski definition) is 5. The summed E-state index contributed by atoms with van der Waals surface area (Å²) >= 11 is 0. The summed E-state index contributed by atoms with van der Waals surface area (Å²) in [6, 6.07) is 12.5. The number of benzene rings is 2. The smallest absolute Gasteiger partial charge is 0.328 e. The summed E-state index contributed by atoms with van der Waals surface area (Å²) in [5.41, 5.74) is 2.53. The summed E-state index contributed by atoms with van der Waals surface area (Å²) in [6.07, 6.45) is 2.71. The van der Waals surface area contributed by atoms with Gasteiger partial charge < -0.3 is 20.1 Å². The Labute approximate surface area is 203 Å². The van der Waals surface area contributed by atoms with E-state index in [-0.39, 0.29) is 17.7 Å². The Morgan fingerprint density at radius 1 is 1.20 bits per heavy atom. The predicted molar refractivity (Wildman–Crippen MR) is 131 cm³/mol. The van der Waals surface area contributed by atoms with Crippen LogP contribution in [0.4, 0.5) is 4.79 Å². The number of urea groups is 1. The van der Waals surface area contributed by atoms with Crippen molar-refractivity contribution >= 4 is 22.8 Å². The first-order valence-electron chi connectivity index (χ1n) is 12.4. The Morgan fingerprint density at radius 3 is 2.77 bits per heavy atom. The summed E-state index contributed by atoms with van der Waals surface area (Å²) in [5.74, 6) is 0.714. The molecule has 35 heavy (non-hydrogen) atoms. The Bertz CT molecular complexity index is 1330. The fraction of sp³-hybridized carbons (Fsp3) is 0.407. The van der Waals surface area contributed by atoms with E-state index in [9.17, 15) is 14.7 Å². The molecular weight excluding hydrogens is 444 g/mol. The first-order chi connectivity index (χ1) is 16.9. The summed E-state index contributed by atoms with van der Waals surface area (Å²) < 4.78 is 5.74. The van der Waals surface area contributed by atoms with E-state index in [1.54, 1.807) is 23.1 Å². The van der Waals surface area contributed by atoms with Crippen molar-refractivity contribution in [2.45, 2.75) is 50.7 Å². The van der Waals surface area contributed by atoms with E-state index < -0.39 is 11.6 Å². The average Bonchev–Trinajstić information content (AvgIpc) is 3.57. The molecule has 3 heterocycles. The molecular formula is C27H30N4O4. The Morgan fingerprint density at radius 2 is 2.03 bits per heavy atom. The lowest BCUT2D eigenvalue weighted by Gasteiger charge is -2.42. The molecule has 3 aliphatic rings. The van der Waals surface area contributed by atoms with Crippen molar-refractivity contribution in [2.75, 3.05) is 19.7 Å². The number of carbonyl (C=O) groups is 2. The van der Waals surface area contributed by atoms with Crippen molar-refractivity contribution in [3.05, 3.63) is 59.3 Å². The molecule has 6 rings (SSSR count). The van der Waals surface area contributed by atoms with Crippen LogP contribution in [-0.2, 0) is 11.2 Å². The van der Waals surface area contributed by atoms with Crippen molar-refractivity contribution in [1.29, 1.82) is 0 Å². The maximum atomic E-state index is 13.8. The van der Waals surface area contributed by atoms with Gasteiger partial charge in [-0.05, 0) is 68.1 Å². The number of aromatic hydroxyl groups is 1. The number of aromatic amines is 1. The zero-order valence-corrected chi connectivity index (χ0v) is 20.0. The number of nitrogens with one attached hydrogen (secondary N) is 2. The predicted octanol–water partition coefficient (Wildman–Crippen LogP) is 3.69. The molecule has 0 radical (unpaired) electrons. The van der Waals surface area contributed by atoms with Crippen molar-refractivity contribution in [3.8, 4) is 11.5 Å². The van der Waals surface area contributed by atoms with E-state index in [1.807, 2.05) is 38.1 Å². The van der Waals surface area contributed by atoms with Gasteiger partial charge in [-0.1, -0.05) is 12.1 Å². The van der Waals surface area contributed by atoms with E-state index in [4.69, 9.17) is 4.74 Å². The van der Waals surface area contributed by atoms with Crippen LogP contribution in [0, 0.1) is 0 Å². The van der Waals surface area contributed by atoms with Crippen LogP contribution in [0.1, 0.15) is 49.6 Å². The van der Waals surface area contributed by atoms with Crippen LogP contribution in [0.5, 0.6) is 11.5 Å². The number of rotatable bonds is 7. The molecule has 0 unspecified atom stereocenters. The molecule has 1 saturated carbocycles. The zero-order chi connectivity index (χ0) is 24.3. The summed E-state index contributed by atoms with van der Waals surface area (Å²) in [6.45, 7) is 5.31. The van der Waals surface area contributed by atoms with Gasteiger partial charge in [-0.2, -0.15) is 0 Å². The summed E-state index contributed by atoms with van der Waals surface area (Å²) in [4.78, 5) is 34.2. The molecule has 0 spiro atoms. The number of ether oxygens (including phenoxy) is 1. The van der Waals surface area contributed by atoms with Crippen molar-refractivity contribution in [1.82, 2.24) is 20.1 Å². The minimum absolute atomic E-state index is 0.120. The molecule has 8 heteroatoms. The normalized spacial score (nSPS) is 23.7. The molecule has 1 aliphatic carbocycles. The van der Waals surface area contributed by atoms with E-state index in [2.05, 4.69) is 10.3 Å². The number of phenolic OH excluding ortho intramolecular Hbond substituents is 1. The number of carbonyl (C=O) groups excluding carboxylic acids is 2. The van der Waals surface area contributed by atoms with E-state index >= 15 is 0 Å². The molecule has 2 fully saturated rings. The van der Waals surface area contributed by atoms with Gasteiger partial charge in [-0.25, -0.2) is 4.79 Å². The minimum atomic E-state index is -1.03. The topological polar surface area (TPSA) is 97.9 Å². The van der Waals surface area contributed by atoms with Crippen LogP contribution >= 0.6 is 0 Å². The van der Waals surface area contributed by atoms with Crippen LogP contribution < -0.4 is 10.1 Å². The molecule has 1 saturated heterocycles. The monoisotopic (exact) mass is 474 g/mol. The average molecular weight is 475 g/mol. The van der Waals surface area contributed by atoms with Crippen molar-refractivity contribution in [3.63, 3.8) is 0 Å². The lowest BCUT2D eigenvalue weighted by Crippen LogP contribution is -2.53. The second kappa shape index (κ2) is 8.02. The maximum absolute atomic E-state index is 13.8. The Balaban J connectivity index is 1.48. The number of H-pyrrole nitrogens is 1. The fourth-order valence-corrected chi connectivity index (χ4v) is 5.65. The highest BCUT2D eigenvalue weighted by Crippen LogP contribution is 2.49. The lowest BCUT2D eigenvalue weighted by atomic mass is 9.81. The molecule has 1 aromatic heterocycles. The number of imide groups is 1. The number of hydrogen-bond donors (Lipinski definition) is 3. The largest absolute Gasteiger partial charge is 0.508 e. The highest BCUT2D eigenvalue weighted by atomic mass is 16.5. The molecule has 2 aromatic carbocycles. The standard InChI is InChI=1S/C27H30N4O4/c1-3-35-19-9-10-22-20(14-19)21-15-27(2)25(33)30(12-11-28-17-7-8-17)26(34)31(27)24(23(21)29-22)16-5-4-6-18(32)13-16/h4-6,9-10,13-14,17,24,28-29,32H,3,7-8,11-12,15H2,1-2H3/t24-,27+/m1/s1. The van der Waals surface area contributed by atoms with Crippen LogP contribution in [0.3, 0.4) is 0 Å². The van der Waals surface area contributed by atoms with Crippen molar-refractivity contribution < 1.29 is 19.4 Å². The van der Waals surface area contributed by atoms with Gasteiger partial charge in [-0.3, -0.25) is 14.6 Å². The van der Waals surface area contributed by atoms with Crippen molar-refractivity contribution in [2.24, 2.45) is 0 Å². The van der Waals surface area contributed by atoms with Gasteiger partial charge in [-0.15, -0.1) is 0 Å². The maximum Gasteiger partial charge on any atom is 0.328 e. The quantitative estimate of drug-likeness (QED) is 0.454. The number of phenols is 1. The highest BCUT2D eigenvalue weighted by molar-refractivity contribution is 6.08. The minimum Gasteiger partial charge on any atom is -0.508 e. The number of amides is 3. The van der Waals surface area contributed by atoms with Crippen LogP contribution in [0.25, 0.3) is 10.9 Å². The number of fused-ring (bicyclic) bond motifs is 4. The van der Waals surface area contributed by atoms with Crippen LogP contribution in [-0.4, -0.2) is 63.1 Å². The number of nitrogens with zero attached hydrogens (tertiary/aromatic N) is 2. The van der Waals surface area contributed by atoms with Gasteiger partial charge in [0, 0.05) is 42.1 Å². The summed E-state index contributed by atoms with van der Waals surface area (Å²) in [7, 11) is 0. The third-order valence-corrected chi connectivity index (χ3v) is 7.48. The lowest BCUT2D eigenvalue weighted by molar-refractivity contribution is -0.133. The van der Waals surface area contributed by atoms with Gasteiger partial charge in [0.2, 0.25) is 0 Å². The zero-order valence-electron chi connectivity index (χ0n) is 20.0. The van der Waals surface area contributed by atoms with E-state index in [0.717, 1.165) is 46.3 Å². The van der Waals surface area contributed by atoms with Gasteiger partial charge in [0.25, 0.3) is 5.91 Å². The SMILES string of the molecule is CCOc1ccc2[nH]c3c(c2c1)C[C@@]1(C)C(=O)N(CCNC2CC2)C(=O)N1[C@@H]3c1cccc(O)c1. The van der Waals surface area contributed by atoms with E-state index in [1.165, 1.54) is 4.90 Å². The van der Waals surface area contributed by atoms with Gasteiger partial charge in [0.05, 0.1) is 6.61 Å². The summed E-state index contributed by atoms with van der Waals surface area (Å²) in [5, 5.41) is 14.7. The molecule has 2 aliphatic heterocycles. The third kappa shape index (κ3) is 3.46. The molecule has 0 bridgehead atoms. The second-order valence-electron chi connectivity index (χ2n) is 9.94. The molecule has 182 valence electrons. The molecule has 8 nitrogen and oxygen atoms in total. The first kappa shape index (κ1) is 22.0. The molecule has 3 N–H and O–H groups in total.